The molecule has 1 aliphatic heterocycles. The number of rotatable bonds is 4. The van der Waals surface area contributed by atoms with Crippen LogP contribution >= 0.6 is 0 Å². The van der Waals surface area contributed by atoms with E-state index in [2.05, 4.69) is 24.1 Å². The number of likely N-dealkylation sites (tertiary alicyclic amines) is 1. The summed E-state index contributed by atoms with van der Waals surface area (Å²) in [5.74, 6) is 1.68. The van der Waals surface area contributed by atoms with Crippen molar-refractivity contribution in [2.75, 3.05) is 25.0 Å². The fourth-order valence-corrected chi connectivity index (χ4v) is 2.78. The summed E-state index contributed by atoms with van der Waals surface area (Å²) in [4.78, 5) is 19.2. The van der Waals surface area contributed by atoms with Gasteiger partial charge in [-0.3, -0.25) is 4.79 Å². The molecule has 0 saturated carbocycles. The summed E-state index contributed by atoms with van der Waals surface area (Å²) in [5.41, 5.74) is 1.65. The molecule has 1 saturated heterocycles. The predicted molar refractivity (Wildman–Crippen MR) is 86.7 cm³/mol. The molecule has 1 aromatic heterocycles. The molecule has 0 aliphatic carbocycles. The number of amides is 1. The molecule has 1 aromatic rings. The molecule has 116 valence electrons. The molecule has 1 fully saturated rings. The minimum Gasteiger partial charge on any atom is -0.370 e. The summed E-state index contributed by atoms with van der Waals surface area (Å²) < 4.78 is 0. The molecule has 1 atom stereocenters. The highest BCUT2D eigenvalue weighted by atomic mass is 16.2. The van der Waals surface area contributed by atoms with E-state index < -0.39 is 0 Å². The number of hydrogen-bond donors (Lipinski definition) is 1. The van der Waals surface area contributed by atoms with E-state index in [1.807, 2.05) is 24.0 Å². The third kappa shape index (κ3) is 4.45. The van der Waals surface area contributed by atoms with Crippen LogP contribution in [0.25, 0.3) is 0 Å². The number of hydrogen-bond acceptors (Lipinski definition) is 3. The van der Waals surface area contributed by atoms with Gasteiger partial charge < -0.3 is 10.2 Å². The van der Waals surface area contributed by atoms with Crippen molar-refractivity contribution in [3.8, 4) is 0 Å². The second-order valence-corrected chi connectivity index (χ2v) is 6.14. The number of aromatic nitrogens is 1. The van der Waals surface area contributed by atoms with Crippen molar-refractivity contribution in [3.63, 3.8) is 0 Å². The molecule has 0 radical (unpaired) electrons. The highest BCUT2D eigenvalue weighted by Crippen LogP contribution is 2.19. The number of anilines is 1. The van der Waals surface area contributed by atoms with E-state index >= 15 is 0 Å². The lowest BCUT2D eigenvalue weighted by molar-refractivity contribution is 0.0760. The Labute approximate surface area is 127 Å². The van der Waals surface area contributed by atoms with Crippen LogP contribution in [-0.2, 0) is 0 Å². The summed E-state index contributed by atoms with van der Waals surface area (Å²) in [7, 11) is 0. The molecule has 0 spiro atoms. The average molecular weight is 289 g/mol. The molecule has 4 nitrogen and oxygen atoms in total. The minimum absolute atomic E-state index is 0.147. The summed E-state index contributed by atoms with van der Waals surface area (Å²) in [5, 5.41) is 3.27. The fraction of sp³-hybridized carbons (Fsp3) is 0.647. The van der Waals surface area contributed by atoms with Gasteiger partial charge in [0.1, 0.15) is 5.82 Å². The summed E-state index contributed by atoms with van der Waals surface area (Å²) in [6.45, 7) is 8.97. The Morgan fingerprint density at radius 2 is 2.19 bits per heavy atom. The lowest BCUT2D eigenvalue weighted by Gasteiger charge is -2.21. The molecule has 2 rings (SSSR count). The highest BCUT2D eigenvalue weighted by molar-refractivity contribution is 5.95. The molecule has 0 aromatic carbocycles. The number of carbonyl (C=O) groups excluding carboxylic acids is 1. The van der Waals surface area contributed by atoms with E-state index in [4.69, 9.17) is 0 Å². The Bertz CT molecular complexity index is 487. The van der Waals surface area contributed by atoms with Crippen molar-refractivity contribution in [3.05, 3.63) is 23.4 Å². The number of nitrogens with zero attached hydrogens (tertiary/aromatic N) is 2. The van der Waals surface area contributed by atoms with Crippen LogP contribution in [-0.4, -0.2) is 35.4 Å². The maximum atomic E-state index is 12.7. The summed E-state index contributed by atoms with van der Waals surface area (Å²) in [6.07, 6.45) is 4.49. The molecule has 2 heterocycles. The number of aryl methyl sites for hydroxylation is 1. The Morgan fingerprint density at radius 3 is 2.95 bits per heavy atom. The average Bonchev–Trinajstić information content (AvgIpc) is 2.68. The first kappa shape index (κ1) is 15.8. The van der Waals surface area contributed by atoms with E-state index in [1.165, 1.54) is 6.42 Å². The van der Waals surface area contributed by atoms with Crippen molar-refractivity contribution >= 4 is 11.7 Å². The lowest BCUT2D eigenvalue weighted by Crippen LogP contribution is -2.32. The third-order valence-corrected chi connectivity index (χ3v) is 4.06. The first-order valence-electron chi connectivity index (χ1n) is 8.12. The predicted octanol–water partition coefficient (Wildman–Crippen LogP) is 3.47. The zero-order valence-electron chi connectivity index (χ0n) is 13.5. The topological polar surface area (TPSA) is 45.2 Å². The maximum absolute atomic E-state index is 12.7. The van der Waals surface area contributed by atoms with Crippen molar-refractivity contribution in [2.45, 2.75) is 46.5 Å². The SMILES string of the molecule is CCCNc1cc(C(=O)N2CCCC(C)CC2)cc(C)n1. The van der Waals surface area contributed by atoms with Crippen molar-refractivity contribution in [2.24, 2.45) is 5.92 Å². The quantitative estimate of drug-likeness (QED) is 0.923. The van der Waals surface area contributed by atoms with Crippen LogP contribution in [0.3, 0.4) is 0 Å². The van der Waals surface area contributed by atoms with Crippen LogP contribution in [0.4, 0.5) is 5.82 Å². The van der Waals surface area contributed by atoms with E-state index in [1.54, 1.807) is 0 Å². The zero-order valence-corrected chi connectivity index (χ0v) is 13.5. The largest absolute Gasteiger partial charge is 0.370 e. The summed E-state index contributed by atoms with van der Waals surface area (Å²) in [6, 6.07) is 3.78. The first-order chi connectivity index (χ1) is 10.1. The molecule has 1 amide bonds. The molecular formula is C17H27N3O. The Hall–Kier alpha value is -1.58. The van der Waals surface area contributed by atoms with Gasteiger partial charge >= 0.3 is 0 Å². The Kier molecular flexibility index (Phi) is 5.59. The van der Waals surface area contributed by atoms with Crippen LogP contribution in [0.1, 0.15) is 55.6 Å². The maximum Gasteiger partial charge on any atom is 0.254 e. The van der Waals surface area contributed by atoms with Gasteiger partial charge in [-0.25, -0.2) is 4.98 Å². The van der Waals surface area contributed by atoms with Gasteiger partial charge in [-0.2, -0.15) is 0 Å². The van der Waals surface area contributed by atoms with E-state index in [0.29, 0.717) is 0 Å². The number of pyridine rings is 1. The van der Waals surface area contributed by atoms with Crippen LogP contribution in [0.5, 0.6) is 0 Å². The van der Waals surface area contributed by atoms with E-state index in [0.717, 1.165) is 61.9 Å². The fourth-order valence-electron chi connectivity index (χ4n) is 2.78. The molecule has 4 heteroatoms. The monoisotopic (exact) mass is 289 g/mol. The Balaban J connectivity index is 2.12. The number of nitrogens with one attached hydrogen (secondary N) is 1. The third-order valence-electron chi connectivity index (χ3n) is 4.06. The molecule has 1 aliphatic rings. The van der Waals surface area contributed by atoms with Crippen LogP contribution < -0.4 is 5.32 Å². The van der Waals surface area contributed by atoms with Crippen LogP contribution in [0.2, 0.25) is 0 Å². The lowest BCUT2D eigenvalue weighted by atomic mass is 10.0. The normalized spacial score (nSPS) is 19.2. The smallest absolute Gasteiger partial charge is 0.254 e. The van der Waals surface area contributed by atoms with Gasteiger partial charge in [0.15, 0.2) is 0 Å². The van der Waals surface area contributed by atoms with Gasteiger partial charge in [-0.15, -0.1) is 0 Å². The molecular weight excluding hydrogens is 262 g/mol. The van der Waals surface area contributed by atoms with Crippen molar-refractivity contribution in [1.29, 1.82) is 0 Å². The van der Waals surface area contributed by atoms with Gasteiger partial charge in [0.05, 0.1) is 0 Å². The summed E-state index contributed by atoms with van der Waals surface area (Å²) >= 11 is 0. The van der Waals surface area contributed by atoms with E-state index in [-0.39, 0.29) is 5.91 Å². The second-order valence-electron chi connectivity index (χ2n) is 6.14. The van der Waals surface area contributed by atoms with Gasteiger partial charge in [-0.1, -0.05) is 13.8 Å². The van der Waals surface area contributed by atoms with Crippen LogP contribution in [0.15, 0.2) is 12.1 Å². The molecule has 0 bridgehead atoms. The van der Waals surface area contributed by atoms with Crippen LogP contribution in [0, 0.1) is 12.8 Å². The van der Waals surface area contributed by atoms with Gasteiger partial charge in [0.25, 0.3) is 5.91 Å². The van der Waals surface area contributed by atoms with Gasteiger partial charge in [0.2, 0.25) is 0 Å². The zero-order chi connectivity index (χ0) is 15.2. The standard InChI is InChI=1S/C17H27N3O/c1-4-8-18-16-12-15(11-14(3)19-16)17(21)20-9-5-6-13(2)7-10-20/h11-13H,4-10H2,1-3H3,(H,18,19). The molecule has 21 heavy (non-hydrogen) atoms. The van der Waals surface area contributed by atoms with Gasteiger partial charge in [-0.05, 0) is 50.7 Å². The first-order valence-corrected chi connectivity index (χ1v) is 8.12. The minimum atomic E-state index is 0.147. The van der Waals surface area contributed by atoms with Crippen molar-refractivity contribution in [1.82, 2.24) is 9.88 Å². The van der Waals surface area contributed by atoms with Gasteiger partial charge in [0, 0.05) is 30.9 Å². The molecule has 1 unspecified atom stereocenters. The molecule has 1 N–H and O–H groups in total. The van der Waals surface area contributed by atoms with E-state index in [9.17, 15) is 4.79 Å². The Morgan fingerprint density at radius 1 is 1.38 bits per heavy atom. The van der Waals surface area contributed by atoms with Crippen molar-refractivity contribution < 1.29 is 4.79 Å². The number of carbonyl (C=O) groups is 1. The second kappa shape index (κ2) is 7.43. The highest BCUT2D eigenvalue weighted by Gasteiger charge is 2.20.